The Morgan fingerprint density at radius 1 is 1.00 bits per heavy atom. The zero-order valence-corrected chi connectivity index (χ0v) is 22.0. The number of fused-ring (bicyclic) bond motifs is 3. The summed E-state index contributed by atoms with van der Waals surface area (Å²) < 4.78 is 29.2. The van der Waals surface area contributed by atoms with Crippen LogP contribution in [0.4, 0.5) is 5.69 Å². The number of aryl methyl sites for hydroxylation is 2. The molecule has 0 unspecified atom stereocenters. The highest BCUT2D eigenvalue weighted by Crippen LogP contribution is 2.28. The number of aromatic nitrogens is 3. The van der Waals surface area contributed by atoms with Crippen LogP contribution in [0.25, 0.3) is 16.6 Å². The lowest BCUT2D eigenvalue weighted by Crippen LogP contribution is -2.35. The predicted octanol–water partition coefficient (Wildman–Crippen LogP) is 4.79. The minimum absolute atomic E-state index is 0.139. The third-order valence-corrected chi connectivity index (χ3v) is 9.38. The number of nitrogens with one attached hydrogen (secondary N) is 1. The first-order valence-electron chi connectivity index (χ1n) is 12.1. The summed E-state index contributed by atoms with van der Waals surface area (Å²) >= 11 is 1.49. The van der Waals surface area contributed by atoms with Crippen molar-refractivity contribution in [1.29, 1.82) is 0 Å². The molecule has 3 heterocycles. The Kier molecular flexibility index (Phi) is 7.00. The molecule has 0 atom stereocenters. The molecule has 10 heteroatoms. The third-order valence-electron chi connectivity index (χ3n) is 6.54. The Morgan fingerprint density at radius 3 is 2.50 bits per heavy atom. The van der Waals surface area contributed by atoms with Crippen LogP contribution < -0.4 is 5.32 Å². The van der Waals surface area contributed by atoms with Gasteiger partial charge in [-0.25, -0.2) is 8.42 Å². The van der Waals surface area contributed by atoms with Gasteiger partial charge in [-0.3, -0.25) is 9.20 Å². The van der Waals surface area contributed by atoms with Gasteiger partial charge in [0.15, 0.2) is 10.8 Å². The predicted molar refractivity (Wildman–Crippen MR) is 143 cm³/mol. The second-order valence-electron chi connectivity index (χ2n) is 9.11. The van der Waals surface area contributed by atoms with Crippen molar-refractivity contribution >= 4 is 49.9 Å². The Bertz CT molecular complexity index is 1530. The molecule has 5 rings (SSSR count). The van der Waals surface area contributed by atoms with Gasteiger partial charge in [-0.1, -0.05) is 36.4 Å². The molecular weight excluding hydrogens is 494 g/mol. The van der Waals surface area contributed by atoms with Gasteiger partial charge < -0.3 is 5.32 Å². The van der Waals surface area contributed by atoms with Gasteiger partial charge in [0.1, 0.15) is 0 Å². The largest absolute Gasteiger partial charge is 0.326 e. The van der Waals surface area contributed by atoms with Crippen LogP contribution in [-0.4, -0.2) is 52.1 Å². The smallest absolute Gasteiger partial charge is 0.243 e. The summed E-state index contributed by atoms with van der Waals surface area (Å²) in [5, 5.41) is 13.5. The van der Waals surface area contributed by atoms with Crippen molar-refractivity contribution < 1.29 is 13.2 Å². The monoisotopic (exact) mass is 523 g/mol. The van der Waals surface area contributed by atoms with Gasteiger partial charge in [-0.2, -0.15) is 4.31 Å². The number of hydrogen-bond donors (Lipinski definition) is 1. The molecule has 8 nitrogen and oxygen atoms in total. The maximum atomic E-state index is 12.8. The SMILES string of the molecule is Cc1cc2nnc(SCCC(=O)Nc3ccc(S(=O)(=O)N4CCCCC4)cc3)n2c2c(C)cccc12. The number of amides is 1. The van der Waals surface area contributed by atoms with Crippen LogP contribution >= 0.6 is 11.8 Å². The Morgan fingerprint density at radius 2 is 1.75 bits per heavy atom. The molecular formula is C26H29N5O3S2. The minimum atomic E-state index is -3.48. The topological polar surface area (TPSA) is 96.7 Å². The van der Waals surface area contributed by atoms with E-state index >= 15 is 0 Å². The average molecular weight is 524 g/mol. The van der Waals surface area contributed by atoms with Crippen LogP contribution in [-0.2, 0) is 14.8 Å². The number of carbonyl (C=O) groups excluding carboxylic acids is 1. The molecule has 1 saturated heterocycles. The van der Waals surface area contributed by atoms with Crippen molar-refractivity contribution in [2.45, 2.75) is 49.6 Å². The highest BCUT2D eigenvalue weighted by atomic mass is 32.2. The lowest BCUT2D eigenvalue weighted by Gasteiger charge is -2.25. The van der Waals surface area contributed by atoms with E-state index in [9.17, 15) is 13.2 Å². The Balaban J connectivity index is 1.22. The van der Waals surface area contributed by atoms with E-state index < -0.39 is 10.0 Å². The number of benzene rings is 2. The van der Waals surface area contributed by atoms with Gasteiger partial charge >= 0.3 is 0 Å². The van der Waals surface area contributed by atoms with Gasteiger partial charge in [0.25, 0.3) is 0 Å². The lowest BCUT2D eigenvalue weighted by atomic mass is 10.1. The number of para-hydroxylation sites is 1. The Labute approximate surface area is 215 Å². The molecule has 1 amide bonds. The maximum absolute atomic E-state index is 12.8. The molecule has 1 aliphatic rings. The first-order valence-corrected chi connectivity index (χ1v) is 14.5. The van der Waals surface area contributed by atoms with Crippen molar-refractivity contribution in [3.05, 3.63) is 59.7 Å². The summed E-state index contributed by atoms with van der Waals surface area (Å²) in [6.45, 7) is 5.28. The van der Waals surface area contributed by atoms with Crippen LogP contribution in [0.2, 0.25) is 0 Å². The van der Waals surface area contributed by atoms with E-state index in [-0.39, 0.29) is 17.2 Å². The maximum Gasteiger partial charge on any atom is 0.243 e. The number of sulfonamides is 1. The summed E-state index contributed by atoms with van der Waals surface area (Å²) in [5.41, 5.74) is 4.75. The summed E-state index contributed by atoms with van der Waals surface area (Å²) in [7, 11) is -3.48. The van der Waals surface area contributed by atoms with Crippen molar-refractivity contribution in [2.24, 2.45) is 0 Å². The molecule has 0 spiro atoms. The molecule has 2 aromatic heterocycles. The molecule has 0 radical (unpaired) electrons. The normalized spacial score (nSPS) is 14.9. The number of nitrogens with zero attached hydrogens (tertiary/aromatic N) is 4. The Hall–Kier alpha value is -2.95. The summed E-state index contributed by atoms with van der Waals surface area (Å²) in [4.78, 5) is 12.8. The van der Waals surface area contributed by atoms with Crippen molar-refractivity contribution in [2.75, 3.05) is 24.2 Å². The number of hydrogen-bond acceptors (Lipinski definition) is 6. The summed E-state index contributed by atoms with van der Waals surface area (Å²) in [6, 6.07) is 14.7. The van der Waals surface area contributed by atoms with Crippen LogP contribution in [0.3, 0.4) is 0 Å². The third kappa shape index (κ3) is 4.85. The molecule has 188 valence electrons. The molecule has 1 N–H and O–H groups in total. The van der Waals surface area contributed by atoms with E-state index in [1.807, 2.05) is 12.1 Å². The van der Waals surface area contributed by atoms with Crippen molar-refractivity contribution in [3.8, 4) is 0 Å². The number of carbonyl (C=O) groups is 1. The molecule has 0 aliphatic carbocycles. The van der Waals surface area contributed by atoms with Gasteiger partial charge in [0, 0.05) is 36.3 Å². The fourth-order valence-electron chi connectivity index (χ4n) is 4.65. The van der Waals surface area contributed by atoms with Gasteiger partial charge in [-0.15, -0.1) is 10.2 Å². The first-order chi connectivity index (χ1) is 17.3. The minimum Gasteiger partial charge on any atom is -0.326 e. The fourth-order valence-corrected chi connectivity index (χ4v) is 7.05. The summed E-state index contributed by atoms with van der Waals surface area (Å²) in [6.07, 6.45) is 3.14. The molecule has 36 heavy (non-hydrogen) atoms. The molecule has 2 aromatic carbocycles. The van der Waals surface area contributed by atoms with Crippen LogP contribution in [0.15, 0.2) is 58.6 Å². The van der Waals surface area contributed by atoms with E-state index in [4.69, 9.17) is 0 Å². The standard InChI is InChI=1S/C26H29N5O3S2/c1-18-7-6-8-22-19(2)17-23-28-29-26(31(23)25(18)22)35-16-13-24(32)27-20-9-11-21(12-10-20)36(33,34)30-14-4-3-5-15-30/h6-12,17H,3-5,13-16H2,1-2H3,(H,27,32). The van der Waals surface area contributed by atoms with Crippen molar-refractivity contribution in [3.63, 3.8) is 0 Å². The quantitative estimate of drug-likeness (QED) is 0.350. The van der Waals surface area contributed by atoms with Crippen LogP contribution in [0.5, 0.6) is 0 Å². The number of pyridine rings is 1. The second-order valence-corrected chi connectivity index (χ2v) is 12.1. The summed E-state index contributed by atoms with van der Waals surface area (Å²) in [5.74, 6) is 0.398. The van der Waals surface area contributed by atoms with Crippen molar-refractivity contribution in [1.82, 2.24) is 18.9 Å². The van der Waals surface area contributed by atoms with E-state index in [0.29, 0.717) is 24.5 Å². The fraction of sp³-hybridized carbons (Fsp3) is 0.346. The zero-order valence-electron chi connectivity index (χ0n) is 20.4. The number of anilines is 1. The highest BCUT2D eigenvalue weighted by Gasteiger charge is 2.25. The van der Waals surface area contributed by atoms with Crippen LogP contribution in [0.1, 0.15) is 36.8 Å². The van der Waals surface area contributed by atoms with Gasteiger partial charge in [0.05, 0.1) is 10.4 Å². The van der Waals surface area contributed by atoms with E-state index in [0.717, 1.165) is 52.1 Å². The molecule has 1 fully saturated rings. The molecule has 4 aromatic rings. The molecule has 1 aliphatic heterocycles. The van der Waals surface area contributed by atoms with Crippen LogP contribution in [0, 0.1) is 13.8 Å². The number of thioether (sulfide) groups is 1. The highest BCUT2D eigenvalue weighted by molar-refractivity contribution is 7.99. The zero-order chi connectivity index (χ0) is 25.3. The van der Waals surface area contributed by atoms with Gasteiger partial charge in [0.2, 0.25) is 15.9 Å². The lowest BCUT2D eigenvalue weighted by molar-refractivity contribution is -0.115. The first kappa shape index (κ1) is 24.7. The molecule has 0 bridgehead atoms. The van der Waals surface area contributed by atoms with E-state index in [1.165, 1.54) is 11.8 Å². The number of piperidine rings is 1. The van der Waals surface area contributed by atoms with Gasteiger partial charge in [-0.05, 0) is 68.1 Å². The molecule has 0 saturated carbocycles. The van der Waals surface area contributed by atoms with E-state index in [1.54, 1.807) is 28.6 Å². The average Bonchev–Trinajstić information content (AvgIpc) is 3.27. The number of rotatable bonds is 7. The second kappa shape index (κ2) is 10.2. The van der Waals surface area contributed by atoms with E-state index in [2.05, 4.69) is 45.9 Å².